The molecule has 1 fully saturated rings. The highest BCUT2D eigenvalue weighted by molar-refractivity contribution is 8.00. The molecule has 3 nitrogen and oxygen atoms in total. The molecular formula is C7H11N3S2. The molecule has 1 aromatic rings. The van der Waals surface area contributed by atoms with E-state index in [1.165, 1.54) is 36.8 Å². The van der Waals surface area contributed by atoms with E-state index in [4.69, 9.17) is 0 Å². The van der Waals surface area contributed by atoms with E-state index in [1.807, 2.05) is 11.8 Å². The standard InChI is InChI=1S/C7H11N3S2/c1(6-3-8-4-6)2-11-7-9-5-10-12-7/h5-6,8H,1-4H2. The quantitative estimate of drug-likeness (QED) is 0.744. The van der Waals surface area contributed by atoms with Gasteiger partial charge in [0.1, 0.15) is 6.33 Å². The van der Waals surface area contributed by atoms with E-state index < -0.39 is 0 Å². The van der Waals surface area contributed by atoms with Crippen LogP contribution in [-0.2, 0) is 0 Å². The third-order valence-electron chi connectivity index (χ3n) is 1.96. The number of hydrogen-bond acceptors (Lipinski definition) is 5. The van der Waals surface area contributed by atoms with E-state index in [-0.39, 0.29) is 0 Å². The number of nitrogens with one attached hydrogen (secondary N) is 1. The molecule has 1 saturated heterocycles. The van der Waals surface area contributed by atoms with Crippen LogP contribution in [0, 0.1) is 5.92 Å². The van der Waals surface area contributed by atoms with Gasteiger partial charge in [-0.2, -0.15) is 4.37 Å². The van der Waals surface area contributed by atoms with Gasteiger partial charge in [-0.15, -0.1) is 0 Å². The van der Waals surface area contributed by atoms with Gasteiger partial charge in [0.2, 0.25) is 0 Å². The van der Waals surface area contributed by atoms with E-state index in [9.17, 15) is 0 Å². The van der Waals surface area contributed by atoms with Crippen LogP contribution >= 0.6 is 23.3 Å². The minimum atomic E-state index is 0.908. The molecule has 1 aliphatic heterocycles. The minimum absolute atomic E-state index is 0.908. The fraction of sp³-hybridized carbons (Fsp3) is 0.714. The summed E-state index contributed by atoms with van der Waals surface area (Å²) < 4.78 is 5.05. The fourth-order valence-corrected chi connectivity index (χ4v) is 2.71. The van der Waals surface area contributed by atoms with E-state index in [2.05, 4.69) is 14.7 Å². The molecule has 1 aromatic heterocycles. The Hall–Kier alpha value is -0.130. The fourth-order valence-electron chi connectivity index (χ4n) is 1.09. The number of nitrogens with zero attached hydrogens (tertiary/aromatic N) is 2. The lowest BCUT2D eigenvalue weighted by molar-refractivity contribution is 0.341. The third kappa shape index (κ3) is 2.18. The predicted octanol–water partition coefficient (Wildman–Crippen LogP) is 1.24. The molecule has 0 unspecified atom stereocenters. The van der Waals surface area contributed by atoms with Crippen molar-refractivity contribution < 1.29 is 0 Å². The highest BCUT2D eigenvalue weighted by atomic mass is 32.2. The Balaban J connectivity index is 1.62. The van der Waals surface area contributed by atoms with Crippen LogP contribution in [-0.4, -0.2) is 28.2 Å². The van der Waals surface area contributed by atoms with Gasteiger partial charge < -0.3 is 5.32 Å². The molecular weight excluding hydrogens is 190 g/mol. The molecule has 0 radical (unpaired) electrons. The first-order chi connectivity index (χ1) is 5.95. The zero-order chi connectivity index (χ0) is 8.23. The summed E-state index contributed by atoms with van der Waals surface area (Å²) in [6.07, 6.45) is 2.93. The minimum Gasteiger partial charge on any atom is -0.316 e. The Kier molecular flexibility index (Phi) is 2.97. The third-order valence-corrected chi connectivity index (χ3v) is 3.79. The van der Waals surface area contributed by atoms with Crippen molar-refractivity contribution in [1.82, 2.24) is 14.7 Å². The molecule has 0 bridgehead atoms. The molecule has 0 amide bonds. The first-order valence-electron chi connectivity index (χ1n) is 4.05. The monoisotopic (exact) mass is 201 g/mol. The van der Waals surface area contributed by atoms with Crippen LogP contribution in [0.1, 0.15) is 6.42 Å². The van der Waals surface area contributed by atoms with Crippen LogP contribution in [0.5, 0.6) is 0 Å². The lowest BCUT2D eigenvalue weighted by atomic mass is 10.0. The van der Waals surface area contributed by atoms with E-state index in [0.717, 1.165) is 10.3 Å². The molecule has 0 spiro atoms. The molecule has 5 heteroatoms. The summed E-state index contributed by atoms with van der Waals surface area (Å²) in [5.74, 6) is 2.09. The topological polar surface area (TPSA) is 37.8 Å². The SMILES string of the molecule is c1nsc(SCCC2CNC2)n1. The first kappa shape index (κ1) is 8.47. The van der Waals surface area contributed by atoms with Gasteiger partial charge in [0.15, 0.2) is 4.34 Å². The summed E-state index contributed by atoms with van der Waals surface area (Å²) >= 11 is 3.31. The molecule has 0 aromatic carbocycles. The molecule has 0 aliphatic carbocycles. The highest BCUT2D eigenvalue weighted by Crippen LogP contribution is 2.21. The summed E-state index contributed by atoms with van der Waals surface area (Å²) in [6.45, 7) is 2.41. The van der Waals surface area contributed by atoms with Gasteiger partial charge in [0, 0.05) is 5.75 Å². The van der Waals surface area contributed by atoms with Gasteiger partial charge >= 0.3 is 0 Å². The van der Waals surface area contributed by atoms with E-state index in [0.29, 0.717) is 0 Å². The van der Waals surface area contributed by atoms with Crippen LogP contribution in [0.4, 0.5) is 0 Å². The largest absolute Gasteiger partial charge is 0.316 e. The normalized spacial score (nSPS) is 17.7. The Bertz CT molecular complexity index is 221. The van der Waals surface area contributed by atoms with Crippen LogP contribution in [0.2, 0.25) is 0 Å². The molecule has 1 N–H and O–H groups in total. The summed E-state index contributed by atoms with van der Waals surface area (Å²) in [5, 5.41) is 3.27. The predicted molar refractivity (Wildman–Crippen MR) is 51.6 cm³/mol. The number of rotatable bonds is 4. The number of thioether (sulfide) groups is 1. The van der Waals surface area contributed by atoms with Crippen molar-refractivity contribution in [2.24, 2.45) is 5.92 Å². The Labute approximate surface area is 80.1 Å². The van der Waals surface area contributed by atoms with Crippen molar-refractivity contribution in [3.63, 3.8) is 0 Å². The van der Waals surface area contributed by atoms with Crippen molar-refractivity contribution in [2.75, 3.05) is 18.8 Å². The Morgan fingerprint density at radius 2 is 2.58 bits per heavy atom. The smallest absolute Gasteiger partial charge is 0.169 e. The zero-order valence-electron chi connectivity index (χ0n) is 6.69. The van der Waals surface area contributed by atoms with Crippen LogP contribution in [0.25, 0.3) is 0 Å². The summed E-state index contributed by atoms with van der Waals surface area (Å²) in [6, 6.07) is 0. The second-order valence-corrected chi connectivity index (χ2v) is 4.99. The lowest BCUT2D eigenvalue weighted by Crippen LogP contribution is -2.42. The molecule has 66 valence electrons. The highest BCUT2D eigenvalue weighted by Gasteiger charge is 2.15. The molecule has 1 aliphatic rings. The maximum absolute atomic E-state index is 4.11. The Morgan fingerprint density at radius 3 is 3.17 bits per heavy atom. The van der Waals surface area contributed by atoms with Gasteiger partial charge in [-0.05, 0) is 37.0 Å². The summed E-state index contributed by atoms with van der Waals surface area (Å²) in [7, 11) is 0. The molecule has 12 heavy (non-hydrogen) atoms. The number of hydrogen-bond donors (Lipinski definition) is 1. The molecule has 0 saturated carbocycles. The maximum Gasteiger partial charge on any atom is 0.169 e. The van der Waals surface area contributed by atoms with Crippen molar-refractivity contribution in [2.45, 2.75) is 10.8 Å². The van der Waals surface area contributed by atoms with Gasteiger partial charge in [-0.25, -0.2) is 4.98 Å². The molecule has 2 heterocycles. The first-order valence-corrected chi connectivity index (χ1v) is 5.81. The summed E-state index contributed by atoms with van der Waals surface area (Å²) in [5.41, 5.74) is 0. The average Bonchev–Trinajstić information content (AvgIpc) is 2.46. The van der Waals surface area contributed by atoms with Crippen LogP contribution in [0.3, 0.4) is 0 Å². The second-order valence-electron chi connectivity index (χ2n) is 2.87. The van der Waals surface area contributed by atoms with Crippen molar-refractivity contribution in [3.8, 4) is 0 Å². The Morgan fingerprint density at radius 1 is 1.67 bits per heavy atom. The molecule has 0 atom stereocenters. The van der Waals surface area contributed by atoms with E-state index >= 15 is 0 Å². The number of aromatic nitrogens is 2. The van der Waals surface area contributed by atoms with Crippen molar-refractivity contribution in [1.29, 1.82) is 0 Å². The average molecular weight is 201 g/mol. The van der Waals surface area contributed by atoms with Crippen molar-refractivity contribution in [3.05, 3.63) is 6.33 Å². The maximum atomic E-state index is 4.11. The van der Waals surface area contributed by atoms with Crippen LogP contribution in [0.15, 0.2) is 10.7 Å². The lowest BCUT2D eigenvalue weighted by Gasteiger charge is -2.26. The van der Waals surface area contributed by atoms with Gasteiger partial charge in [0.05, 0.1) is 0 Å². The second kappa shape index (κ2) is 4.20. The van der Waals surface area contributed by atoms with Crippen molar-refractivity contribution >= 4 is 23.3 Å². The summed E-state index contributed by atoms with van der Waals surface area (Å²) in [4.78, 5) is 4.11. The van der Waals surface area contributed by atoms with Crippen LogP contribution < -0.4 is 5.32 Å². The van der Waals surface area contributed by atoms with Gasteiger partial charge in [0.25, 0.3) is 0 Å². The molecule has 2 rings (SSSR count). The zero-order valence-corrected chi connectivity index (χ0v) is 8.33. The van der Waals surface area contributed by atoms with Gasteiger partial charge in [-0.3, -0.25) is 0 Å². The van der Waals surface area contributed by atoms with E-state index in [1.54, 1.807) is 6.33 Å². The van der Waals surface area contributed by atoms with Gasteiger partial charge in [-0.1, -0.05) is 11.8 Å².